The normalized spacial score (nSPS) is 16.7. The monoisotopic (exact) mass is 347 g/mol. The zero-order chi connectivity index (χ0) is 17.1. The molecule has 7 heteroatoms. The van der Waals surface area contributed by atoms with Crippen molar-refractivity contribution in [1.82, 2.24) is 25.0 Å². The number of hydrogen-bond acceptors (Lipinski definition) is 5. The van der Waals surface area contributed by atoms with Crippen molar-refractivity contribution < 1.29 is 4.79 Å². The summed E-state index contributed by atoms with van der Waals surface area (Å²) in [6.45, 7) is 7.10. The lowest BCUT2D eigenvalue weighted by atomic mass is 10.0. The molecule has 1 fully saturated rings. The van der Waals surface area contributed by atoms with Gasteiger partial charge in [0.15, 0.2) is 0 Å². The van der Waals surface area contributed by atoms with Crippen LogP contribution in [-0.2, 0) is 13.6 Å². The Morgan fingerprint density at radius 3 is 2.75 bits per heavy atom. The number of carbonyl (C=O) groups is 1. The van der Waals surface area contributed by atoms with Crippen molar-refractivity contribution in [3.63, 3.8) is 0 Å². The van der Waals surface area contributed by atoms with Crippen LogP contribution in [0.25, 0.3) is 0 Å². The van der Waals surface area contributed by atoms with Gasteiger partial charge in [-0.3, -0.25) is 14.4 Å². The molecule has 0 radical (unpaired) electrons. The summed E-state index contributed by atoms with van der Waals surface area (Å²) in [6, 6.07) is 2.13. The van der Waals surface area contributed by atoms with Crippen LogP contribution >= 0.6 is 11.3 Å². The highest BCUT2D eigenvalue weighted by atomic mass is 32.1. The van der Waals surface area contributed by atoms with E-state index in [0.29, 0.717) is 11.6 Å². The Morgan fingerprint density at radius 1 is 1.42 bits per heavy atom. The Hall–Kier alpha value is -1.73. The molecule has 0 spiro atoms. The molecule has 0 saturated carbocycles. The number of amides is 1. The molecule has 1 aliphatic rings. The molecule has 3 rings (SSSR count). The van der Waals surface area contributed by atoms with Gasteiger partial charge in [0.1, 0.15) is 5.69 Å². The van der Waals surface area contributed by atoms with Gasteiger partial charge in [0.05, 0.1) is 11.2 Å². The van der Waals surface area contributed by atoms with E-state index in [9.17, 15) is 4.79 Å². The van der Waals surface area contributed by atoms with E-state index in [0.717, 1.165) is 43.9 Å². The van der Waals surface area contributed by atoms with Gasteiger partial charge in [0.25, 0.3) is 5.91 Å². The van der Waals surface area contributed by atoms with Gasteiger partial charge >= 0.3 is 0 Å². The summed E-state index contributed by atoms with van der Waals surface area (Å²) in [5, 5.41) is 9.59. The maximum atomic E-state index is 12.4. The van der Waals surface area contributed by atoms with Crippen LogP contribution in [0.2, 0.25) is 0 Å². The average molecular weight is 347 g/mol. The fourth-order valence-electron chi connectivity index (χ4n) is 3.17. The fourth-order valence-corrected chi connectivity index (χ4v) is 3.72. The van der Waals surface area contributed by atoms with Crippen LogP contribution < -0.4 is 5.32 Å². The SMILES string of the molecule is CC(C)c1cc(C(=O)NC2CCN(Cc3cscn3)CC2)nn1C. The minimum atomic E-state index is -0.0598. The standard InChI is InChI=1S/C17H25N5OS/c1-12(2)16-8-15(20-21(16)3)17(23)19-13-4-6-22(7-5-13)9-14-10-24-11-18-14/h8,10-13H,4-7,9H2,1-3H3,(H,19,23). The lowest BCUT2D eigenvalue weighted by molar-refractivity contribution is 0.0903. The van der Waals surface area contributed by atoms with E-state index < -0.39 is 0 Å². The van der Waals surface area contributed by atoms with Gasteiger partial charge in [0.2, 0.25) is 0 Å². The number of piperidine rings is 1. The second kappa shape index (κ2) is 7.44. The second-order valence-electron chi connectivity index (χ2n) is 6.74. The minimum Gasteiger partial charge on any atom is -0.348 e. The van der Waals surface area contributed by atoms with Crippen molar-refractivity contribution in [3.05, 3.63) is 34.0 Å². The zero-order valence-electron chi connectivity index (χ0n) is 14.5. The van der Waals surface area contributed by atoms with Gasteiger partial charge < -0.3 is 5.32 Å². The maximum Gasteiger partial charge on any atom is 0.272 e. The number of rotatable bonds is 5. The molecule has 0 bridgehead atoms. The number of thiazole rings is 1. The topological polar surface area (TPSA) is 63.1 Å². The van der Waals surface area contributed by atoms with E-state index in [2.05, 4.69) is 39.5 Å². The Kier molecular flexibility index (Phi) is 5.30. The van der Waals surface area contributed by atoms with Gasteiger partial charge in [-0.2, -0.15) is 5.10 Å². The zero-order valence-corrected chi connectivity index (χ0v) is 15.3. The predicted octanol–water partition coefficient (Wildman–Crippen LogP) is 2.39. The average Bonchev–Trinajstić information content (AvgIpc) is 3.18. The van der Waals surface area contributed by atoms with Gasteiger partial charge in [-0.25, -0.2) is 4.98 Å². The first-order valence-corrected chi connectivity index (χ1v) is 9.41. The maximum absolute atomic E-state index is 12.4. The Bertz CT molecular complexity index is 671. The summed E-state index contributed by atoms with van der Waals surface area (Å²) >= 11 is 1.64. The van der Waals surface area contributed by atoms with Crippen molar-refractivity contribution in [3.8, 4) is 0 Å². The number of nitrogens with one attached hydrogen (secondary N) is 1. The summed E-state index contributed by atoms with van der Waals surface area (Å²) in [4.78, 5) is 19.2. The van der Waals surface area contributed by atoms with E-state index >= 15 is 0 Å². The van der Waals surface area contributed by atoms with Crippen LogP contribution in [-0.4, -0.2) is 44.7 Å². The van der Waals surface area contributed by atoms with Gasteiger partial charge in [0, 0.05) is 43.8 Å². The van der Waals surface area contributed by atoms with E-state index in [1.165, 1.54) is 0 Å². The summed E-state index contributed by atoms with van der Waals surface area (Å²) < 4.78 is 1.80. The molecule has 2 aromatic rings. The van der Waals surface area contributed by atoms with Crippen molar-refractivity contribution in [2.45, 2.75) is 45.2 Å². The Labute approximate surface area is 146 Å². The first-order valence-electron chi connectivity index (χ1n) is 8.47. The molecule has 0 unspecified atom stereocenters. The van der Waals surface area contributed by atoms with Gasteiger partial charge in [-0.05, 0) is 24.8 Å². The number of carbonyl (C=O) groups excluding carboxylic acids is 1. The third-order valence-corrected chi connectivity index (χ3v) is 5.17. The molecule has 1 N–H and O–H groups in total. The van der Waals surface area contributed by atoms with Crippen LogP contribution in [0.5, 0.6) is 0 Å². The molecular formula is C17H25N5OS. The smallest absolute Gasteiger partial charge is 0.272 e. The Balaban J connectivity index is 1.50. The molecule has 0 atom stereocenters. The van der Waals surface area contributed by atoms with Crippen molar-refractivity contribution in [2.24, 2.45) is 7.05 Å². The molecular weight excluding hydrogens is 322 g/mol. The lowest BCUT2D eigenvalue weighted by Crippen LogP contribution is -2.44. The highest BCUT2D eigenvalue weighted by Gasteiger charge is 2.23. The summed E-state index contributed by atoms with van der Waals surface area (Å²) in [6.07, 6.45) is 1.94. The molecule has 0 aromatic carbocycles. The molecule has 3 heterocycles. The molecule has 6 nitrogen and oxygen atoms in total. The van der Waals surface area contributed by atoms with E-state index in [4.69, 9.17) is 0 Å². The largest absolute Gasteiger partial charge is 0.348 e. The van der Waals surface area contributed by atoms with Gasteiger partial charge in [-0.15, -0.1) is 11.3 Å². The number of likely N-dealkylation sites (tertiary alicyclic amines) is 1. The quantitative estimate of drug-likeness (QED) is 0.902. The molecule has 24 heavy (non-hydrogen) atoms. The highest BCUT2D eigenvalue weighted by Crippen LogP contribution is 2.17. The molecule has 2 aromatic heterocycles. The molecule has 1 saturated heterocycles. The summed E-state index contributed by atoms with van der Waals surface area (Å²) in [5.41, 5.74) is 4.61. The van der Waals surface area contributed by atoms with E-state index in [1.54, 1.807) is 16.0 Å². The van der Waals surface area contributed by atoms with Crippen molar-refractivity contribution >= 4 is 17.2 Å². The summed E-state index contributed by atoms with van der Waals surface area (Å²) in [5.74, 6) is 0.299. The molecule has 1 aliphatic heterocycles. The van der Waals surface area contributed by atoms with Crippen LogP contribution in [0, 0.1) is 0 Å². The molecule has 130 valence electrons. The second-order valence-corrected chi connectivity index (χ2v) is 7.46. The predicted molar refractivity (Wildman–Crippen MR) is 95.2 cm³/mol. The number of aryl methyl sites for hydroxylation is 1. The van der Waals surface area contributed by atoms with Crippen LogP contribution in [0.3, 0.4) is 0 Å². The van der Waals surface area contributed by atoms with Crippen LogP contribution in [0.1, 0.15) is 54.5 Å². The molecule has 0 aliphatic carbocycles. The van der Waals surface area contributed by atoms with Crippen molar-refractivity contribution in [2.75, 3.05) is 13.1 Å². The highest BCUT2D eigenvalue weighted by molar-refractivity contribution is 7.07. The van der Waals surface area contributed by atoms with E-state index in [1.807, 2.05) is 18.6 Å². The summed E-state index contributed by atoms with van der Waals surface area (Å²) in [7, 11) is 1.89. The fraction of sp³-hybridized carbons (Fsp3) is 0.588. The van der Waals surface area contributed by atoms with E-state index in [-0.39, 0.29) is 11.9 Å². The number of hydrogen-bond donors (Lipinski definition) is 1. The van der Waals surface area contributed by atoms with Gasteiger partial charge in [-0.1, -0.05) is 13.8 Å². The lowest BCUT2D eigenvalue weighted by Gasteiger charge is -2.31. The van der Waals surface area contributed by atoms with Crippen molar-refractivity contribution in [1.29, 1.82) is 0 Å². The number of nitrogens with zero attached hydrogens (tertiary/aromatic N) is 4. The third-order valence-electron chi connectivity index (χ3n) is 4.53. The minimum absolute atomic E-state index is 0.0598. The number of aromatic nitrogens is 3. The molecule has 1 amide bonds. The van der Waals surface area contributed by atoms with Crippen LogP contribution in [0.15, 0.2) is 17.0 Å². The first-order chi connectivity index (χ1) is 11.5. The first kappa shape index (κ1) is 17.1. The Morgan fingerprint density at radius 2 is 2.17 bits per heavy atom. The third kappa shape index (κ3) is 4.02. The van der Waals surface area contributed by atoms with Crippen LogP contribution in [0.4, 0.5) is 0 Å².